The molecule has 0 heterocycles. The number of unbranched alkanes of at least 4 members (excludes halogenated alkanes) is 2. The zero-order valence-electron chi connectivity index (χ0n) is 16.2. The first-order chi connectivity index (χ1) is 12.2. The van der Waals surface area contributed by atoms with Gasteiger partial charge in [-0.2, -0.15) is 0 Å². The van der Waals surface area contributed by atoms with Gasteiger partial charge in [0.25, 0.3) is 0 Å². The Bertz CT molecular complexity index is 503. The summed E-state index contributed by atoms with van der Waals surface area (Å²) < 4.78 is 0. The van der Waals surface area contributed by atoms with Crippen LogP contribution in [0, 0.1) is 5.92 Å². The van der Waals surface area contributed by atoms with Gasteiger partial charge in [0, 0.05) is 13.1 Å². The zero-order valence-corrected chi connectivity index (χ0v) is 16.2. The summed E-state index contributed by atoms with van der Waals surface area (Å²) in [6, 6.07) is 21.8. The number of benzene rings is 2. The molecule has 0 radical (unpaired) electrons. The van der Waals surface area contributed by atoms with Crippen LogP contribution in [-0.4, -0.2) is 24.5 Å². The molecule has 0 fully saturated rings. The van der Waals surface area contributed by atoms with Crippen LogP contribution in [0.25, 0.3) is 0 Å². The molecule has 0 aliphatic heterocycles. The van der Waals surface area contributed by atoms with Gasteiger partial charge in [0.2, 0.25) is 0 Å². The van der Waals surface area contributed by atoms with Crippen LogP contribution in [0.2, 0.25) is 0 Å². The van der Waals surface area contributed by atoms with Crippen LogP contribution in [0.3, 0.4) is 0 Å². The predicted octanol–water partition coefficient (Wildman–Crippen LogP) is 5.99. The lowest BCUT2D eigenvalue weighted by molar-refractivity contribution is 0.272. The third kappa shape index (κ3) is 8.88. The van der Waals surface area contributed by atoms with Crippen molar-refractivity contribution in [1.29, 1.82) is 0 Å². The van der Waals surface area contributed by atoms with Crippen molar-refractivity contribution in [3.63, 3.8) is 0 Å². The Morgan fingerprint density at radius 1 is 0.640 bits per heavy atom. The van der Waals surface area contributed by atoms with Gasteiger partial charge in [-0.3, -0.25) is 0 Å². The number of hydrogen-bond acceptors (Lipinski definition) is 1. The minimum Gasteiger partial charge on any atom is -0.303 e. The van der Waals surface area contributed by atoms with Gasteiger partial charge >= 0.3 is 0 Å². The maximum Gasteiger partial charge on any atom is 0.00219 e. The van der Waals surface area contributed by atoms with Crippen LogP contribution < -0.4 is 0 Å². The van der Waals surface area contributed by atoms with Crippen molar-refractivity contribution in [2.75, 3.05) is 19.6 Å². The Morgan fingerprint density at radius 2 is 1.16 bits per heavy atom. The fourth-order valence-corrected chi connectivity index (χ4v) is 3.26. The highest BCUT2D eigenvalue weighted by Gasteiger charge is 2.06. The Hall–Kier alpha value is -1.60. The molecule has 0 unspecified atom stereocenters. The molecule has 2 rings (SSSR count). The maximum absolute atomic E-state index is 2.66. The lowest BCUT2D eigenvalue weighted by atomic mass is 10.0. The van der Waals surface area contributed by atoms with Gasteiger partial charge in [-0.05, 0) is 42.9 Å². The minimum absolute atomic E-state index is 0.840. The van der Waals surface area contributed by atoms with Crippen molar-refractivity contribution < 1.29 is 0 Å². The predicted molar refractivity (Wildman–Crippen MR) is 110 cm³/mol. The van der Waals surface area contributed by atoms with Crippen molar-refractivity contribution in [3.8, 4) is 0 Å². The van der Waals surface area contributed by atoms with Crippen molar-refractivity contribution in [1.82, 2.24) is 4.90 Å². The van der Waals surface area contributed by atoms with Crippen molar-refractivity contribution in [3.05, 3.63) is 71.8 Å². The van der Waals surface area contributed by atoms with Crippen LogP contribution in [0.4, 0.5) is 0 Å². The largest absolute Gasteiger partial charge is 0.303 e. The van der Waals surface area contributed by atoms with E-state index in [0.29, 0.717) is 0 Å². The van der Waals surface area contributed by atoms with E-state index in [1.54, 1.807) is 0 Å². The third-order valence-electron chi connectivity index (χ3n) is 4.87. The summed E-state index contributed by atoms with van der Waals surface area (Å²) in [6.07, 6.45) is 7.75. The van der Waals surface area contributed by atoms with Gasteiger partial charge in [-0.15, -0.1) is 0 Å². The smallest absolute Gasteiger partial charge is 0.00219 e. The van der Waals surface area contributed by atoms with E-state index in [1.807, 2.05) is 0 Å². The lowest BCUT2D eigenvalue weighted by Gasteiger charge is -2.22. The van der Waals surface area contributed by atoms with E-state index in [9.17, 15) is 0 Å². The molecule has 2 aromatic rings. The molecule has 2 aromatic carbocycles. The second-order valence-electron chi connectivity index (χ2n) is 7.56. The van der Waals surface area contributed by atoms with E-state index in [4.69, 9.17) is 0 Å². The van der Waals surface area contributed by atoms with Gasteiger partial charge < -0.3 is 4.90 Å². The molecule has 1 heteroatoms. The van der Waals surface area contributed by atoms with Crippen LogP contribution in [-0.2, 0) is 12.8 Å². The Balaban J connectivity index is 1.77. The molecule has 0 amide bonds. The standard InChI is InChI=1S/C24H35N/c1-22(2)12-6-5-11-19-25(20-17-23-13-7-3-8-14-23)21-18-24-15-9-4-10-16-24/h3-4,7-10,13-16,22H,5-6,11-12,17-21H2,1-2H3. The number of nitrogens with zero attached hydrogens (tertiary/aromatic N) is 1. The summed E-state index contributed by atoms with van der Waals surface area (Å²) in [5.41, 5.74) is 2.90. The molecule has 25 heavy (non-hydrogen) atoms. The molecular formula is C24H35N. The molecule has 0 N–H and O–H groups in total. The monoisotopic (exact) mass is 337 g/mol. The molecule has 0 saturated carbocycles. The SMILES string of the molecule is CC(C)CCCCCN(CCc1ccccc1)CCc1ccccc1. The van der Waals surface area contributed by atoms with Crippen LogP contribution in [0.1, 0.15) is 50.7 Å². The van der Waals surface area contributed by atoms with E-state index in [0.717, 1.165) is 18.8 Å². The van der Waals surface area contributed by atoms with E-state index in [-0.39, 0.29) is 0 Å². The molecule has 0 atom stereocenters. The Morgan fingerprint density at radius 3 is 1.64 bits per heavy atom. The summed E-state index contributed by atoms with van der Waals surface area (Å²) in [5.74, 6) is 0.840. The molecule has 0 aliphatic carbocycles. The van der Waals surface area contributed by atoms with E-state index in [2.05, 4.69) is 79.4 Å². The average molecular weight is 338 g/mol. The summed E-state index contributed by atoms with van der Waals surface area (Å²) in [7, 11) is 0. The summed E-state index contributed by atoms with van der Waals surface area (Å²) in [6.45, 7) is 8.22. The fourth-order valence-electron chi connectivity index (χ4n) is 3.26. The number of rotatable bonds is 12. The first-order valence-corrected chi connectivity index (χ1v) is 10.0. The van der Waals surface area contributed by atoms with Crippen LogP contribution in [0.15, 0.2) is 60.7 Å². The van der Waals surface area contributed by atoms with Gasteiger partial charge in [0.15, 0.2) is 0 Å². The van der Waals surface area contributed by atoms with E-state index in [1.165, 1.54) is 56.4 Å². The first kappa shape index (κ1) is 19.7. The second kappa shape index (κ2) is 11.9. The lowest BCUT2D eigenvalue weighted by Crippen LogP contribution is -2.29. The Labute approximate surface area is 155 Å². The zero-order chi connectivity index (χ0) is 17.7. The normalized spacial score (nSPS) is 11.4. The first-order valence-electron chi connectivity index (χ1n) is 10.0. The summed E-state index contributed by atoms with van der Waals surface area (Å²) in [4.78, 5) is 2.66. The van der Waals surface area contributed by atoms with Crippen molar-refractivity contribution >= 4 is 0 Å². The topological polar surface area (TPSA) is 3.24 Å². The van der Waals surface area contributed by atoms with E-state index >= 15 is 0 Å². The minimum atomic E-state index is 0.840. The van der Waals surface area contributed by atoms with Crippen LogP contribution >= 0.6 is 0 Å². The molecule has 1 nitrogen and oxygen atoms in total. The summed E-state index contributed by atoms with van der Waals surface area (Å²) >= 11 is 0. The van der Waals surface area contributed by atoms with Gasteiger partial charge in [-0.1, -0.05) is 93.8 Å². The second-order valence-corrected chi connectivity index (χ2v) is 7.56. The molecule has 0 spiro atoms. The van der Waals surface area contributed by atoms with Gasteiger partial charge in [0.1, 0.15) is 0 Å². The summed E-state index contributed by atoms with van der Waals surface area (Å²) in [5, 5.41) is 0. The van der Waals surface area contributed by atoms with Crippen molar-refractivity contribution in [2.24, 2.45) is 5.92 Å². The molecule has 0 aliphatic rings. The van der Waals surface area contributed by atoms with Crippen LogP contribution in [0.5, 0.6) is 0 Å². The van der Waals surface area contributed by atoms with Crippen molar-refractivity contribution in [2.45, 2.75) is 52.4 Å². The quantitative estimate of drug-likeness (QED) is 0.430. The Kier molecular flexibility index (Phi) is 9.36. The molecule has 136 valence electrons. The molecule has 0 aromatic heterocycles. The molecular weight excluding hydrogens is 302 g/mol. The average Bonchev–Trinajstić information content (AvgIpc) is 2.64. The maximum atomic E-state index is 2.66. The van der Waals surface area contributed by atoms with Gasteiger partial charge in [-0.25, -0.2) is 0 Å². The third-order valence-corrected chi connectivity index (χ3v) is 4.87. The molecule has 0 bridgehead atoms. The highest BCUT2D eigenvalue weighted by molar-refractivity contribution is 5.16. The number of hydrogen-bond donors (Lipinski definition) is 0. The van der Waals surface area contributed by atoms with E-state index < -0.39 is 0 Å². The van der Waals surface area contributed by atoms with Gasteiger partial charge in [0.05, 0.1) is 0 Å². The highest BCUT2D eigenvalue weighted by atomic mass is 15.1. The highest BCUT2D eigenvalue weighted by Crippen LogP contribution is 2.10. The fraction of sp³-hybridized carbons (Fsp3) is 0.500. The molecule has 0 saturated heterocycles.